The lowest BCUT2D eigenvalue weighted by atomic mass is 10.1. The Morgan fingerprint density at radius 1 is 1.10 bits per heavy atom. The standard InChI is InChI=1S/C23H23N3O3/c1-17-8-10-19(11-9-17)23-20(12-13-21(27)24-14-22(28)29-2)16-26(25-23)15-18-6-4-3-5-7-18/h3-13,16H,14-15H2,1-2H3,(H,24,27)/b13-12+. The van der Waals surface area contributed by atoms with E-state index in [4.69, 9.17) is 5.10 Å². The zero-order valence-corrected chi connectivity index (χ0v) is 16.5. The fraction of sp³-hybridized carbons (Fsp3) is 0.174. The predicted molar refractivity (Wildman–Crippen MR) is 112 cm³/mol. The molecule has 3 aromatic rings. The van der Waals surface area contributed by atoms with Crippen molar-refractivity contribution in [3.63, 3.8) is 0 Å². The van der Waals surface area contributed by atoms with Gasteiger partial charge in [-0.2, -0.15) is 5.10 Å². The van der Waals surface area contributed by atoms with Crippen molar-refractivity contribution >= 4 is 18.0 Å². The maximum absolute atomic E-state index is 12.0. The molecule has 1 amide bonds. The fourth-order valence-electron chi connectivity index (χ4n) is 2.80. The van der Waals surface area contributed by atoms with Crippen molar-refractivity contribution in [1.29, 1.82) is 0 Å². The largest absolute Gasteiger partial charge is 0.468 e. The number of nitrogens with zero attached hydrogens (tertiary/aromatic N) is 2. The Morgan fingerprint density at radius 2 is 1.83 bits per heavy atom. The van der Waals surface area contributed by atoms with Gasteiger partial charge in [0.25, 0.3) is 0 Å². The minimum absolute atomic E-state index is 0.169. The minimum Gasteiger partial charge on any atom is -0.468 e. The molecule has 0 bridgehead atoms. The quantitative estimate of drug-likeness (QED) is 0.497. The molecular formula is C23H23N3O3. The van der Waals surface area contributed by atoms with Crippen LogP contribution in [0.15, 0.2) is 66.9 Å². The van der Waals surface area contributed by atoms with Crippen molar-refractivity contribution in [1.82, 2.24) is 15.1 Å². The number of hydrogen-bond donors (Lipinski definition) is 1. The maximum Gasteiger partial charge on any atom is 0.325 e. The maximum atomic E-state index is 12.0. The first kappa shape index (κ1) is 20.1. The van der Waals surface area contributed by atoms with E-state index in [-0.39, 0.29) is 12.5 Å². The summed E-state index contributed by atoms with van der Waals surface area (Å²) in [6.45, 7) is 2.49. The van der Waals surface area contributed by atoms with E-state index >= 15 is 0 Å². The van der Waals surface area contributed by atoms with Gasteiger partial charge >= 0.3 is 5.97 Å². The van der Waals surface area contributed by atoms with E-state index in [0.29, 0.717) is 6.54 Å². The van der Waals surface area contributed by atoms with E-state index < -0.39 is 5.97 Å². The molecule has 148 valence electrons. The lowest BCUT2D eigenvalue weighted by molar-refractivity contribution is -0.140. The summed E-state index contributed by atoms with van der Waals surface area (Å²) in [5.74, 6) is -0.871. The van der Waals surface area contributed by atoms with Crippen LogP contribution < -0.4 is 5.32 Å². The SMILES string of the molecule is COC(=O)CNC(=O)/C=C/c1cn(Cc2ccccc2)nc1-c1ccc(C)cc1. The molecule has 0 saturated heterocycles. The molecule has 0 unspecified atom stereocenters. The van der Waals surface area contributed by atoms with Gasteiger partial charge in [0, 0.05) is 23.4 Å². The second-order valence-electron chi connectivity index (χ2n) is 6.61. The fourth-order valence-corrected chi connectivity index (χ4v) is 2.80. The van der Waals surface area contributed by atoms with Gasteiger partial charge in [0.1, 0.15) is 6.54 Å². The normalized spacial score (nSPS) is 10.8. The molecule has 0 radical (unpaired) electrons. The molecule has 29 heavy (non-hydrogen) atoms. The zero-order valence-electron chi connectivity index (χ0n) is 16.5. The highest BCUT2D eigenvalue weighted by Crippen LogP contribution is 2.24. The Labute approximate surface area is 169 Å². The molecule has 0 atom stereocenters. The molecule has 0 aliphatic heterocycles. The molecule has 6 nitrogen and oxygen atoms in total. The van der Waals surface area contributed by atoms with E-state index in [0.717, 1.165) is 27.9 Å². The smallest absolute Gasteiger partial charge is 0.325 e. The van der Waals surface area contributed by atoms with E-state index in [1.54, 1.807) is 6.08 Å². The number of ether oxygens (including phenoxy) is 1. The summed E-state index contributed by atoms with van der Waals surface area (Å²) in [6.07, 6.45) is 5.01. The summed E-state index contributed by atoms with van der Waals surface area (Å²) >= 11 is 0. The number of rotatable bonds is 7. The van der Waals surface area contributed by atoms with Gasteiger partial charge in [0.15, 0.2) is 0 Å². The van der Waals surface area contributed by atoms with Gasteiger partial charge in [0.2, 0.25) is 5.91 Å². The molecule has 0 saturated carbocycles. The summed E-state index contributed by atoms with van der Waals surface area (Å²) in [6, 6.07) is 18.1. The molecule has 0 aliphatic carbocycles. The van der Waals surface area contributed by atoms with Crippen molar-refractivity contribution in [3.8, 4) is 11.3 Å². The number of carbonyl (C=O) groups excluding carboxylic acids is 2. The highest BCUT2D eigenvalue weighted by molar-refractivity contribution is 5.94. The first-order valence-electron chi connectivity index (χ1n) is 9.26. The van der Waals surface area contributed by atoms with E-state index in [2.05, 4.69) is 10.1 Å². The van der Waals surface area contributed by atoms with Crippen LogP contribution in [0.4, 0.5) is 0 Å². The van der Waals surface area contributed by atoms with Gasteiger partial charge in [-0.3, -0.25) is 14.3 Å². The van der Waals surface area contributed by atoms with Crippen molar-refractivity contribution in [2.45, 2.75) is 13.5 Å². The van der Waals surface area contributed by atoms with Crippen LogP contribution in [0.3, 0.4) is 0 Å². The average Bonchev–Trinajstić information content (AvgIpc) is 3.14. The molecule has 0 fully saturated rings. The highest BCUT2D eigenvalue weighted by Gasteiger charge is 2.10. The number of nitrogens with one attached hydrogen (secondary N) is 1. The van der Waals surface area contributed by atoms with Crippen LogP contribution in [-0.4, -0.2) is 35.3 Å². The average molecular weight is 389 g/mol. The molecule has 0 spiro atoms. The number of amides is 1. The number of esters is 1. The number of methoxy groups -OCH3 is 1. The summed E-state index contributed by atoms with van der Waals surface area (Å²) < 4.78 is 6.38. The van der Waals surface area contributed by atoms with Crippen LogP contribution in [0, 0.1) is 6.92 Å². The van der Waals surface area contributed by atoms with E-state index in [9.17, 15) is 9.59 Å². The zero-order chi connectivity index (χ0) is 20.6. The topological polar surface area (TPSA) is 73.2 Å². The van der Waals surface area contributed by atoms with Gasteiger partial charge in [-0.15, -0.1) is 0 Å². The van der Waals surface area contributed by atoms with Gasteiger partial charge in [-0.05, 0) is 18.6 Å². The van der Waals surface area contributed by atoms with Crippen LogP contribution in [0.25, 0.3) is 17.3 Å². The number of carbonyl (C=O) groups is 2. The Hall–Kier alpha value is -3.67. The van der Waals surface area contributed by atoms with Gasteiger partial charge in [-0.1, -0.05) is 60.2 Å². The molecule has 3 rings (SSSR count). The number of aromatic nitrogens is 2. The monoisotopic (exact) mass is 389 g/mol. The van der Waals surface area contributed by atoms with Crippen LogP contribution in [0.1, 0.15) is 16.7 Å². The van der Waals surface area contributed by atoms with Crippen LogP contribution in [0.5, 0.6) is 0 Å². The van der Waals surface area contributed by atoms with Crippen molar-refractivity contribution < 1.29 is 14.3 Å². The van der Waals surface area contributed by atoms with Gasteiger partial charge < -0.3 is 10.1 Å². The van der Waals surface area contributed by atoms with E-state index in [1.165, 1.54) is 13.2 Å². The second-order valence-corrected chi connectivity index (χ2v) is 6.61. The summed E-state index contributed by atoms with van der Waals surface area (Å²) in [7, 11) is 1.28. The highest BCUT2D eigenvalue weighted by atomic mass is 16.5. The van der Waals surface area contributed by atoms with Gasteiger partial charge in [0.05, 0.1) is 19.3 Å². The van der Waals surface area contributed by atoms with Gasteiger partial charge in [-0.25, -0.2) is 0 Å². The molecule has 1 heterocycles. The summed E-state index contributed by atoms with van der Waals surface area (Å²) in [4.78, 5) is 23.2. The third kappa shape index (κ3) is 5.65. The molecule has 2 aromatic carbocycles. The first-order chi connectivity index (χ1) is 14.0. The third-order valence-electron chi connectivity index (χ3n) is 4.35. The van der Waals surface area contributed by atoms with Crippen molar-refractivity contribution in [2.24, 2.45) is 0 Å². The van der Waals surface area contributed by atoms with Crippen LogP contribution >= 0.6 is 0 Å². The predicted octanol–water partition coefficient (Wildman–Crippen LogP) is 3.21. The Morgan fingerprint density at radius 3 is 2.52 bits per heavy atom. The molecule has 6 heteroatoms. The number of hydrogen-bond acceptors (Lipinski definition) is 4. The Kier molecular flexibility index (Phi) is 6.58. The van der Waals surface area contributed by atoms with Crippen LogP contribution in [0.2, 0.25) is 0 Å². The summed E-state index contributed by atoms with van der Waals surface area (Å²) in [5, 5.41) is 7.22. The van der Waals surface area contributed by atoms with Crippen LogP contribution in [-0.2, 0) is 20.9 Å². The van der Waals surface area contributed by atoms with E-state index in [1.807, 2.05) is 72.4 Å². The van der Waals surface area contributed by atoms with Crippen molar-refractivity contribution in [3.05, 3.63) is 83.6 Å². The molecule has 1 N–H and O–H groups in total. The molecule has 0 aliphatic rings. The Balaban J connectivity index is 1.85. The first-order valence-corrected chi connectivity index (χ1v) is 9.26. The number of aryl methyl sites for hydroxylation is 1. The molecule has 1 aromatic heterocycles. The lowest BCUT2D eigenvalue weighted by Crippen LogP contribution is -2.28. The van der Waals surface area contributed by atoms with Crippen molar-refractivity contribution in [2.75, 3.05) is 13.7 Å². The summed E-state index contributed by atoms with van der Waals surface area (Å²) in [5.41, 5.74) is 4.88. The third-order valence-corrected chi connectivity index (χ3v) is 4.35. The second kappa shape index (κ2) is 9.50. The lowest BCUT2D eigenvalue weighted by Gasteiger charge is -2.02. The number of benzene rings is 2. The Bertz CT molecular complexity index is 1010. The molecular weight excluding hydrogens is 366 g/mol. The minimum atomic E-state index is -0.497.